The second-order valence-corrected chi connectivity index (χ2v) is 9.90. The van der Waals surface area contributed by atoms with E-state index in [0.29, 0.717) is 24.6 Å². The lowest BCUT2D eigenvalue weighted by Crippen LogP contribution is -2.50. The molecule has 2 aliphatic rings. The summed E-state index contributed by atoms with van der Waals surface area (Å²) >= 11 is 0. The number of hydrogen-bond donors (Lipinski definition) is 1. The number of pyridine rings is 1. The molecule has 176 valence electrons. The molecule has 1 aromatic heterocycles. The van der Waals surface area contributed by atoms with Crippen molar-refractivity contribution >= 4 is 0 Å². The molecule has 0 aliphatic heterocycles. The number of aliphatic hydroxyl groups is 1. The van der Waals surface area contributed by atoms with Gasteiger partial charge in [0.15, 0.2) is 0 Å². The van der Waals surface area contributed by atoms with Gasteiger partial charge in [0.2, 0.25) is 0 Å². The van der Waals surface area contributed by atoms with Gasteiger partial charge in [0, 0.05) is 5.41 Å². The minimum atomic E-state index is -0.884. The van der Waals surface area contributed by atoms with Crippen LogP contribution in [0, 0.1) is 29.1 Å². The maximum Gasteiger partial charge on any atom is 0.140 e. The van der Waals surface area contributed by atoms with E-state index in [2.05, 4.69) is 71.4 Å². The maximum atomic E-state index is 11.2. The molecule has 2 aromatic carbocycles. The molecule has 35 heavy (non-hydrogen) atoms. The van der Waals surface area contributed by atoms with Gasteiger partial charge >= 0.3 is 0 Å². The molecular weight excluding hydrogens is 432 g/mol. The van der Waals surface area contributed by atoms with Crippen LogP contribution in [-0.2, 0) is 24.9 Å². The second-order valence-electron chi connectivity index (χ2n) is 9.90. The molecule has 1 heterocycles. The van der Waals surface area contributed by atoms with Crippen molar-refractivity contribution in [3.05, 3.63) is 94.8 Å². The molecule has 0 bridgehead atoms. The Morgan fingerprint density at radius 2 is 1.94 bits per heavy atom. The zero-order chi connectivity index (χ0) is 24.3. The molecule has 1 fully saturated rings. The first kappa shape index (κ1) is 23.2. The van der Waals surface area contributed by atoms with E-state index in [4.69, 9.17) is 10.00 Å². The fraction of sp³-hybridized carbons (Fsp3) is 0.355. The summed E-state index contributed by atoms with van der Waals surface area (Å²) in [7, 11) is 0. The van der Waals surface area contributed by atoms with Crippen LogP contribution in [0.1, 0.15) is 60.7 Å². The topological polar surface area (TPSA) is 66.1 Å². The molecule has 2 aliphatic carbocycles. The van der Waals surface area contributed by atoms with Gasteiger partial charge in [-0.3, -0.25) is 0 Å². The van der Waals surface area contributed by atoms with E-state index < -0.39 is 5.60 Å². The Hall–Kier alpha value is -3.60. The molecule has 3 aromatic rings. The first-order valence-electron chi connectivity index (χ1n) is 12.4. The highest BCUT2D eigenvalue weighted by Crippen LogP contribution is 2.54. The Bertz CT molecular complexity index is 1320. The van der Waals surface area contributed by atoms with E-state index >= 15 is 0 Å². The Kier molecular flexibility index (Phi) is 6.33. The molecule has 0 saturated heterocycles. The van der Waals surface area contributed by atoms with Crippen molar-refractivity contribution in [2.75, 3.05) is 0 Å². The molecule has 0 amide bonds. The lowest BCUT2D eigenvalue weighted by atomic mass is 9.52. The van der Waals surface area contributed by atoms with E-state index in [0.717, 1.165) is 43.5 Å². The quantitative estimate of drug-likeness (QED) is 0.508. The molecule has 1 saturated carbocycles. The van der Waals surface area contributed by atoms with Crippen LogP contribution < -0.4 is 4.74 Å². The number of ether oxygens (including phenoxy) is 1. The van der Waals surface area contributed by atoms with Gasteiger partial charge in [0.05, 0.1) is 5.69 Å². The third kappa shape index (κ3) is 4.68. The molecule has 0 radical (unpaired) electrons. The van der Waals surface area contributed by atoms with Crippen molar-refractivity contribution in [1.82, 2.24) is 4.98 Å². The van der Waals surface area contributed by atoms with Crippen LogP contribution in [0.3, 0.4) is 0 Å². The average Bonchev–Trinajstić information content (AvgIpc) is 2.88. The molecule has 5 rings (SSSR count). The van der Waals surface area contributed by atoms with Crippen molar-refractivity contribution in [3.8, 4) is 23.7 Å². The van der Waals surface area contributed by atoms with Crippen LogP contribution in [0.25, 0.3) is 0 Å². The number of aromatic nitrogens is 1. The van der Waals surface area contributed by atoms with Gasteiger partial charge in [-0.05, 0) is 92.3 Å². The third-order valence-corrected chi connectivity index (χ3v) is 7.75. The van der Waals surface area contributed by atoms with Gasteiger partial charge in [-0.1, -0.05) is 48.4 Å². The standard InChI is InChI=1S/C31H30N2O2/c1-2-15-30(34)16-17-31(19-23-7-4-3-5-8-23)25(20-30)12-11-24-18-28(13-14-29(24)31)35-22-27-10-6-9-26(21-32)33-27/h3-10,13-14,18,25,34H,11-12,16-17,19-20,22H2,1H3/t25-,30-,31+/m1/s1. The maximum absolute atomic E-state index is 11.2. The molecule has 4 nitrogen and oxygen atoms in total. The van der Waals surface area contributed by atoms with Crippen molar-refractivity contribution in [3.63, 3.8) is 0 Å². The van der Waals surface area contributed by atoms with Gasteiger partial charge < -0.3 is 9.84 Å². The Labute approximate surface area is 207 Å². The molecular formula is C31H30N2O2. The number of hydrogen-bond acceptors (Lipinski definition) is 4. The number of fused-ring (bicyclic) bond motifs is 3. The van der Waals surface area contributed by atoms with Crippen molar-refractivity contribution in [2.45, 2.75) is 63.1 Å². The third-order valence-electron chi connectivity index (χ3n) is 7.75. The van der Waals surface area contributed by atoms with Crippen molar-refractivity contribution in [1.29, 1.82) is 5.26 Å². The minimum absolute atomic E-state index is 0.0161. The molecule has 4 heteroatoms. The zero-order valence-corrected chi connectivity index (χ0v) is 20.1. The second kappa shape index (κ2) is 9.57. The van der Waals surface area contributed by atoms with Gasteiger partial charge in [-0.2, -0.15) is 5.26 Å². The summed E-state index contributed by atoms with van der Waals surface area (Å²) < 4.78 is 6.08. The first-order chi connectivity index (χ1) is 17.0. The van der Waals surface area contributed by atoms with E-state index in [9.17, 15) is 5.11 Å². The largest absolute Gasteiger partial charge is 0.487 e. The van der Waals surface area contributed by atoms with Gasteiger partial charge in [-0.25, -0.2) is 4.98 Å². The number of nitrogens with zero attached hydrogens (tertiary/aromatic N) is 2. The van der Waals surface area contributed by atoms with Crippen LogP contribution in [0.2, 0.25) is 0 Å². The predicted molar refractivity (Wildman–Crippen MR) is 136 cm³/mol. The van der Waals surface area contributed by atoms with E-state index in [-0.39, 0.29) is 5.41 Å². The van der Waals surface area contributed by atoms with E-state index in [1.54, 1.807) is 6.07 Å². The summed E-state index contributed by atoms with van der Waals surface area (Å²) in [5.74, 6) is 7.26. The Morgan fingerprint density at radius 1 is 1.09 bits per heavy atom. The SMILES string of the molecule is CC#C[C@@]1(O)CC[C@@]2(Cc3ccccc3)c3ccc(OCc4cccc(C#N)n4)cc3CC[C@@H]2C1. The average molecular weight is 463 g/mol. The lowest BCUT2D eigenvalue weighted by Gasteiger charge is -2.52. The van der Waals surface area contributed by atoms with Gasteiger partial charge in [0.25, 0.3) is 0 Å². The number of nitriles is 1. The van der Waals surface area contributed by atoms with E-state index in [1.165, 1.54) is 16.7 Å². The summed E-state index contributed by atoms with van der Waals surface area (Å²) in [5, 5.41) is 20.3. The minimum Gasteiger partial charge on any atom is -0.487 e. The molecule has 1 N–H and O–H groups in total. The Balaban J connectivity index is 1.45. The summed E-state index contributed by atoms with van der Waals surface area (Å²) in [6.07, 6.45) is 5.28. The highest BCUT2D eigenvalue weighted by atomic mass is 16.5. The van der Waals surface area contributed by atoms with E-state index in [1.807, 2.05) is 19.1 Å². The molecule has 0 spiro atoms. The smallest absolute Gasteiger partial charge is 0.140 e. The van der Waals surface area contributed by atoms with Crippen LogP contribution in [0.4, 0.5) is 0 Å². The van der Waals surface area contributed by atoms with Crippen molar-refractivity contribution in [2.24, 2.45) is 5.92 Å². The predicted octanol–water partition coefficient (Wildman–Crippen LogP) is 5.51. The summed E-state index contributed by atoms with van der Waals surface area (Å²) in [4.78, 5) is 4.31. The number of aryl methyl sites for hydroxylation is 1. The fourth-order valence-electron chi connectivity index (χ4n) is 6.17. The molecule has 0 unspecified atom stereocenters. The highest BCUT2D eigenvalue weighted by molar-refractivity contribution is 5.45. The fourth-order valence-corrected chi connectivity index (χ4v) is 6.17. The zero-order valence-electron chi connectivity index (χ0n) is 20.1. The van der Waals surface area contributed by atoms with Crippen LogP contribution >= 0.6 is 0 Å². The summed E-state index contributed by atoms with van der Waals surface area (Å²) in [5.41, 5.74) is 4.30. The molecule has 3 atom stereocenters. The van der Waals surface area contributed by atoms with Gasteiger partial charge in [0.1, 0.15) is 29.7 Å². The van der Waals surface area contributed by atoms with Crippen molar-refractivity contribution < 1.29 is 9.84 Å². The summed E-state index contributed by atoms with van der Waals surface area (Å²) in [6, 6.07) is 24.7. The Morgan fingerprint density at radius 3 is 2.74 bits per heavy atom. The normalized spacial score (nSPS) is 24.8. The monoisotopic (exact) mass is 462 g/mol. The number of rotatable bonds is 5. The van der Waals surface area contributed by atoms with Crippen LogP contribution in [-0.4, -0.2) is 15.7 Å². The summed E-state index contributed by atoms with van der Waals surface area (Å²) in [6.45, 7) is 2.14. The lowest BCUT2D eigenvalue weighted by molar-refractivity contribution is -0.00805. The van der Waals surface area contributed by atoms with Crippen LogP contribution in [0.5, 0.6) is 5.75 Å². The first-order valence-corrected chi connectivity index (χ1v) is 12.4. The number of benzene rings is 2. The van der Waals surface area contributed by atoms with Gasteiger partial charge in [-0.15, -0.1) is 5.92 Å². The highest BCUT2D eigenvalue weighted by Gasteiger charge is 2.51. The van der Waals surface area contributed by atoms with Crippen LogP contribution in [0.15, 0.2) is 66.7 Å².